The molecule has 0 unspecified atom stereocenters. The summed E-state index contributed by atoms with van der Waals surface area (Å²) < 4.78 is 13.4. The molecule has 62 heavy (non-hydrogen) atoms. The van der Waals surface area contributed by atoms with E-state index in [0.717, 1.165) is 93.5 Å². The van der Waals surface area contributed by atoms with Crippen molar-refractivity contribution in [2.75, 3.05) is 0 Å². The van der Waals surface area contributed by atoms with Gasteiger partial charge >= 0.3 is 0 Å². The van der Waals surface area contributed by atoms with Crippen LogP contribution in [0.5, 0.6) is 0 Å². The lowest BCUT2D eigenvalue weighted by Crippen LogP contribution is -1.95. The molecule has 12 rings (SSSR count). The molecule has 0 aliphatic carbocycles. The molecular formula is C58H42N2O2. The van der Waals surface area contributed by atoms with Crippen LogP contribution < -0.4 is 0 Å². The van der Waals surface area contributed by atoms with Gasteiger partial charge in [-0.25, -0.2) is 4.98 Å². The molecule has 0 bridgehead atoms. The molecule has 0 amide bonds. The van der Waals surface area contributed by atoms with Crippen molar-refractivity contribution in [2.24, 2.45) is 0 Å². The highest BCUT2D eigenvalue weighted by Gasteiger charge is 2.22. The molecule has 0 atom stereocenters. The van der Waals surface area contributed by atoms with E-state index in [-0.39, 0.29) is 0 Å². The Bertz CT molecular complexity index is 3750. The first-order valence-corrected chi connectivity index (χ1v) is 21.4. The minimum absolute atomic E-state index is 0.798. The Hall–Kier alpha value is -7.56. The van der Waals surface area contributed by atoms with Crippen molar-refractivity contribution in [3.63, 3.8) is 0 Å². The topological polar surface area (TPSA) is 52.1 Å². The lowest BCUT2D eigenvalue weighted by molar-refractivity contribution is 0.658. The van der Waals surface area contributed by atoms with Crippen molar-refractivity contribution < 1.29 is 8.83 Å². The zero-order valence-electron chi connectivity index (χ0n) is 35.6. The molecule has 0 fully saturated rings. The number of hydrogen-bond acceptors (Lipinski definition) is 4. The molecule has 4 nitrogen and oxygen atoms in total. The summed E-state index contributed by atoms with van der Waals surface area (Å²) in [5.41, 5.74) is 21.3. The lowest BCUT2D eigenvalue weighted by atomic mass is 9.89. The fourth-order valence-electron chi connectivity index (χ4n) is 10.6. The maximum Gasteiger partial charge on any atom is 0.147 e. The van der Waals surface area contributed by atoms with Crippen LogP contribution in [0.2, 0.25) is 0 Å². The fourth-order valence-corrected chi connectivity index (χ4v) is 10.6. The molecule has 0 aliphatic rings. The molecule has 3 aromatic heterocycles. The first kappa shape index (κ1) is 36.3. The normalized spacial score (nSPS) is 12.0. The Morgan fingerprint density at radius 2 is 0.839 bits per heavy atom. The first-order chi connectivity index (χ1) is 30.2. The molecule has 296 valence electrons. The predicted octanol–water partition coefficient (Wildman–Crippen LogP) is 16.3. The maximum absolute atomic E-state index is 6.68. The van der Waals surface area contributed by atoms with Crippen LogP contribution in [-0.4, -0.2) is 9.97 Å². The smallest absolute Gasteiger partial charge is 0.147 e. The lowest BCUT2D eigenvalue weighted by Gasteiger charge is -2.17. The highest BCUT2D eigenvalue weighted by molar-refractivity contribution is 6.25. The molecule has 0 spiro atoms. The average molecular weight is 799 g/mol. The van der Waals surface area contributed by atoms with E-state index in [1.807, 2.05) is 30.5 Å². The number of aryl methyl sites for hydroxylation is 6. The summed E-state index contributed by atoms with van der Waals surface area (Å²) in [5.74, 6) is 0. The third kappa shape index (κ3) is 5.46. The second-order valence-corrected chi connectivity index (χ2v) is 17.3. The van der Waals surface area contributed by atoms with Gasteiger partial charge in [0.05, 0.1) is 28.5 Å². The zero-order chi connectivity index (χ0) is 42.0. The number of aromatic nitrogens is 2. The molecule has 4 heteroatoms. The number of para-hydroxylation sites is 2. The van der Waals surface area contributed by atoms with Gasteiger partial charge in [0.1, 0.15) is 22.3 Å². The Balaban J connectivity index is 1.11. The fraction of sp³-hybridized carbons (Fsp3) is 0.103. The minimum atomic E-state index is 0.798. The molecular weight excluding hydrogens is 757 g/mol. The quantitative estimate of drug-likeness (QED) is 0.166. The van der Waals surface area contributed by atoms with Gasteiger partial charge in [0.25, 0.3) is 0 Å². The average Bonchev–Trinajstić information content (AvgIpc) is 3.83. The van der Waals surface area contributed by atoms with Gasteiger partial charge in [-0.3, -0.25) is 4.98 Å². The van der Waals surface area contributed by atoms with Gasteiger partial charge in [-0.05, 0) is 139 Å². The van der Waals surface area contributed by atoms with Crippen LogP contribution in [0.15, 0.2) is 155 Å². The standard InChI is InChI=1S/C58H42N2O2/c1-31-22-33(3)52(34(4)23-31)39-18-20-41-42-21-19-40(53-35(5)24-32(2)25-36(53)6)28-46(42)56-55(45(41)27-39)59-30-49(60-56)37-12-11-13-38(26-37)54-57-47(43-14-7-9-16-50(43)61-57)29-48-44-15-8-10-17-51(44)62-58(48)54/h7-30H,1-6H3. The number of nitrogens with zero attached hydrogens (tertiary/aromatic N) is 2. The van der Waals surface area contributed by atoms with Gasteiger partial charge in [0.15, 0.2) is 0 Å². The molecule has 0 saturated heterocycles. The summed E-state index contributed by atoms with van der Waals surface area (Å²) in [6.45, 7) is 13.2. The van der Waals surface area contributed by atoms with E-state index in [0.29, 0.717) is 0 Å². The molecule has 0 N–H and O–H groups in total. The largest absolute Gasteiger partial charge is 0.455 e. The Morgan fingerprint density at radius 1 is 0.355 bits per heavy atom. The van der Waals surface area contributed by atoms with Crippen molar-refractivity contribution >= 4 is 76.5 Å². The number of hydrogen-bond donors (Lipinski definition) is 0. The van der Waals surface area contributed by atoms with E-state index < -0.39 is 0 Å². The van der Waals surface area contributed by atoms with Gasteiger partial charge in [0, 0.05) is 37.9 Å². The monoisotopic (exact) mass is 798 g/mol. The highest BCUT2D eigenvalue weighted by atomic mass is 16.3. The van der Waals surface area contributed by atoms with Crippen LogP contribution in [0.4, 0.5) is 0 Å². The number of fused-ring (bicyclic) bond motifs is 12. The molecule has 0 saturated carbocycles. The number of furan rings is 2. The summed E-state index contributed by atoms with van der Waals surface area (Å²) in [5, 5.41) is 8.80. The van der Waals surface area contributed by atoms with Crippen molar-refractivity contribution in [1.29, 1.82) is 0 Å². The highest BCUT2D eigenvalue weighted by Crippen LogP contribution is 2.46. The van der Waals surface area contributed by atoms with Gasteiger partial charge < -0.3 is 8.83 Å². The van der Waals surface area contributed by atoms with Crippen molar-refractivity contribution in [3.8, 4) is 44.6 Å². The van der Waals surface area contributed by atoms with Gasteiger partial charge in [-0.1, -0.05) is 114 Å². The van der Waals surface area contributed by atoms with E-state index in [1.165, 1.54) is 61.0 Å². The first-order valence-electron chi connectivity index (χ1n) is 21.4. The van der Waals surface area contributed by atoms with E-state index in [1.54, 1.807) is 0 Å². The Morgan fingerprint density at radius 3 is 1.39 bits per heavy atom. The van der Waals surface area contributed by atoms with Crippen LogP contribution in [-0.2, 0) is 0 Å². The van der Waals surface area contributed by atoms with E-state index in [4.69, 9.17) is 18.8 Å². The zero-order valence-corrected chi connectivity index (χ0v) is 35.6. The van der Waals surface area contributed by atoms with Crippen molar-refractivity contribution in [2.45, 2.75) is 41.5 Å². The van der Waals surface area contributed by atoms with E-state index >= 15 is 0 Å². The van der Waals surface area contributed by atoms with Crippen LogP contribution in [0.3, 0.4) is 0 Å². The molecule has 0 radical (unpaired) electrons. The second-order valence-electron chi connectivity index (χ2n) is 17.3. The molecule has 0 aliphatic heterocycles. The maximum atomic E-state index is 6.68. The Labute approximate surface area is 359 Å². The third-order valence-corrected chi connectivity index (χ3v) is 13.0. The minimum Gasteiger partial charge on any atom is -0.455 e. The van der Waals surface area contributed by atoms with Gasteiger partial charge in [0.2, 0.25) is 0 Å². The summed E-state index contributed by atoms with van der Waals surface area (Å²) in [6, 6.07) is 50.2. The second kappa shape index (κ2) is 13.5. The summed E-state index contributed by atoms with van der Waals surface area (Å²) >= 11 is 0. The van der Waals surface area contributed by atoms with Crippen LogP contribution in [0, 0.1) is 41.5 Å². The van der Waals surface area contributed by atoms with E-state index in [9.17, 15) is 0 Å². The molecule has 9 aromatic carbocycles. The SMILES string of the molecule is Cc1cc(C)c(-c2ccc3c4ccc(-c5c(C)cc(C)cc5C)cc4c4nc(-c5cccc(-c6c7oc8ccccc8c7cc7c6oc6ccccc67)c5)cnc4c3c2)c(C)c1. The third-order valence-electron chi connectivity index (χ3n) is 13.0. The van der Waals surface area contributed by atoms with Crippen LogP contribution in [0.25, 0.3) is 121 Å². The predicted molar refractivity (Wildman–Crippen MR) is 259 cm³/mol. The summed E-state index contributed by atoms with van der Waals surface area (Å²) in [4.78, 5) is 10.9. The summed E-state index contributed by atoms with van der Waals surface area (Å²) in [6.07, 6.45) is 1.94. The van der Waals surface area contributed by atoms with Crippen molar-refractivity contribution in [3.05, 3.63) is 179 Å². The summed E-state index contributed by atoms with van der Waals surface area (Å²) in [7, 11) is 0. The van der Waals surface area contributed by atoms with E-state index in [2.05, 4.69) is 157 Å². The Kier molecular flexibility index (Phi) is 7.89. The number of rotatable bonds is 4. The van der Waals surface area contributed by atoms with Gasteiger partial charge in [-0.2, -0.15) is 0 Å². The molecule has 3 heterocycles. The van der Waals surface area contributed by atoms with Gasteiger partial charge in [-0.15, -0.1) is 0 Å². The van der Waals surface area contributed by atoms with Crippen LogP contribution >= 0.6 is 0 Å². The number of benzene rings is 9. The van der Waals surface area contributed by atoms with Crippen LogP contribution in [0.1, 0.15) is 33.4 Å². The molecule has 12 aromatic rings. The van der Waals surface area contributed by atoms with Crippen molar-refractivity contribution in [1.82, 2.24) is 9.97 Å².